The van der Waals surface area contributed by atoms with E-state index in [9.17, 15) is 14.0 Å². The summed E-state index contributed by atoms with van der Waals surface area (Å²) in [6.45, 7) is 1.79. The largest absolute Gasteiger partial charge is 0.463 e. The fraction of sp³-hybridized carbons (Fsp3) is 0.238. The summed E-state index contributed by atoms with van der Waals surface area (Å²) in [5, 5.41) is 1.86. The number of furan rings is 1. The average molecular weight is 384 g/mol. The Labute approximate surface area is 161 Å². The van der Waals surface area contributed by atoms with Crippen molar-refractivity contribution < 1.29 is 23.2 Å². The predicted molar refractivity (Wildman–Crippen MR) is 102 cm³/mol. The van der Waals surface area contributed by atoms with Gasteiger partial charge in [0.05, 0.1) is 18.1 Å². The van der Waals surface area contributed by atoms with E-state index >= 15 is 0 Å². The van der Waals surface area contributed by atoms with Gasteiger partial charge >= 0.3 is 0 Å². The number of hydrogen-bond donors (Lipinski definition) is 1. The Balaban J connectivity index is 1.70. The molecule has 0 spiro atoms. The molecule has 0 radical (unpaired) electrons. The van der Waals surface area contributed by atoms with Crippen LogP contribution in [0.3, 0.4) is 0 Å². The third-order valence-electron chi connectivity index (χ3n) is 4.38. The molecule has 0 aliphatic rings. The first-order valence-corrected chi connectivity index (χ1v) is 8.82. The quantitative estimate of drug-likeness (QED) is 0.634. The number of para-hydroxylation sites is 1. The van der Waals surface area contributed by atoms with Crippen molar-refractivity contribution in [2.24, 2.45) is 5.73 Å². The number of hydrogen-bond acceptors (Lipinski definition) is 4. The fourth-order valence-corrected chi connectivity index (χ4v) is 3.12. The van der Waals surface area contributed by atoms with Crippen molar-refractivity contribution in [3.8, 4) is 0 Å². The number of carbonyl (C=O) groups excluding carboxylic acids is 2. The predicted octanol–water partition coefficient (Wildman–Crippen LogP) is 3.23. The van der Waals surface area contributed by atoms with Gasteiger partial charge in [-0.1, -0.05) is 24.3 Å². The molecule has 2 N–H and O–H groups in total. The molecule has 28 heavy (non-hydrogen) atoms. The van der Waals surface area contributed by atoms with Crippen molar-refractivity contribution in [3.63, 3.8) is 0 Å². The third kappa shape index (κ3) is 4.37. The van der Waals surface area contributed by atoms with Crippen molar-refractivity contribution in [2.45, 2.75) is 25.9 Å². The molecule has 0 aliphatic carbocycles. The van der Waals surface area contributed by atoms with E-state index in [2.05, 4.69) is 0 Å². The second-order valence-electron chi connectivity index (χ2n) is 6.62. The number of rotatable bonds is 7. The highest BCUT2D eigenvalue weighted by Gasteiger charge is 2.21. The van der Waals surface area contributed by atoms with Gasteiger partial charge in [-0.25, -0.2) is 9.45 Å². The van der Waals surface area contributed by atoms with Gasteiger partial charge in [0, 0.05) is 18.9 Å². The van der Waals surface area contributed by atoms with E-state index in [0.717, 1.165) is 10.6 Å². The Morgan fingerprint density at radius 1 is 1.21 bits per heavy atom. The topological polar surface area (TPSA) is 85.8 Å². The summed E-state index contributed by atoms with van der Waals surface area (Å²) < 4.78 is 18.9. The molecular weight excluding hydrogens is 363 g/mol. The van der Waals surface area contributed by atoms with Crippen LogP contribution in [0.15, 0.2) is 53.1 Å². The minimum absolute atomic E-state index is 0.0599. The van der Waals surface area contributed by atoms with Crippen LogP contribution in [-0.2, 0) is 22.5 Å². The van der Waals surface area contributed by atoms with E-state index in [1.54, 1.807) is 25.1 Å². The molecule has 1 unspecified atom stereocenters. The summed E-state index contributed by atoms with van der Waals surface area (Å²) in [5.41, 5.74) is 7.51. The standard InChI is InChI=1S/C21H21FN2O4/c1-13(9-14-7-8-16(22)10-15(14)11-20(23)25)28-24(2)21(26)18-12-27-19-6-4-3-5-17(18)19/h3-8,10,12-13H,9,11H2,1-2H3,(H2,23,25). The van der Waals surface area contributed by atoms with Crippen LogP contribution in [0.4, 0.5) is 4.39 Å². The molecule has 3 rings (SSSR count). The summed E-state index contributed by atoms with van der Waals surface area (Å²) >= 11 is 0. The highest BCUT2D eigenvalue weighted by atomic mass is 19.1. The highest BCUT2D eigenvalue weighted by molar-refractivity contribution is 6.05. The van der Waals surface area contributed by atoms with E-state index in [-0.39, 0.29) is 12.3 Å². The number of nitrogens with two attached hydrogens (primary N) is 1. The summed E-state index contributed by atoms with van der Waals surface area (Å²) in [6.07, 6.45) is 1.33. The van der Waals surface area contributed by atoms with Crippen molar-refractivity contribution >= 4 is 22.8 Å². The van der Waals surface area contributed by atoms with Gasteiger partial charge in [-0.15, -0.1) is 0 Å². The van der Waals surface area contributed by atoms with Crippen LogP contribution in [0.25, 0.3) is 11.0 Å². The number of hydroxylamine groups is 2. The molecule has 0 bridgehead atoms. The zero-order chi connectivity index (χ0) is 20.3. The first kappa shape index (κ1) is 19.6. The van der Waals surface area contributed by atoms with Crippen LogP contribution in [0.1, 0.15) is 28.4 Å². The summed E-state index contributed by atoms with van der Waals surface area (Å²) in [7, 11) is 1.52. The number of carbonyl (C=O) groups is 2. The second-order valence-corrected chi connectivity index (χ2v) is 6.62. The normalized spacial score (nSPS) is 12.1. The number of amides is 2. The molecule has 146 valence electrons. The van der Waals surface area contributed by atoms with Crippen LogP contribution >= 0.6 is 0 Å². The van der Waals surface area contributed by atoms with Crippen LogP contribution in [-0.4, -0.2) is 30.0 Å². The van der Waals surface area contributed by atoms with Crippen molar-refractivity contribution in [2.75, 3.05) is 7.05 Å². The van der Waals surface area contributed by atoms with Crippen molar-refractivity contribution in [3.05, 3.63) is 71.2 Å². The number of halogens is 1. The van der Waals surface area contributed by atoms with Gasteiger partial charge in [0.25, 0.3) is 5.91 Å². The third-order valence-corrected chi connectivity index (χ3v) is 4.38. The zero-order valence-corrected chi connectivity index (χ0v) is 15.6. The van der Waals surface area contributed by atoms with Gasteiger partial charge in [-0.2, -0.15) is 0 Å². The highest BCUT2D eigenvalue weighted by Crippen LogP contribution is 2.22. The monoisotopic (exact) mass is 384 g/mol. The number of nitrogens with zero attached hydrogens (tertiary/aromatic N) is 1. The number of fused-ring (bicyclic) bond motifs is 1. The van der Waals surface area contributed by atoms with Gasteiger partial charge < -0.3 is 10.2 Å². The Morgan fingerprint density at radius 2 is 1.96 bits per heavy atom. The lowest BCUT2D eigenvalue weighted by Gasteiger charge is -2.22. The van der Waals surface area contributed by atoms with E-state index < -0.39 is 17.8 Å². The molecule has 2 aromatic carbocycles. The molecule has 0 saturated carbocycles. The van der Waals surface area contributed by atoms with Gasteiger partial charge in [-0.05, 0) is 36.2 Å². The maximum absolute atomic E-state index is 13.5. The Kier molecular flexibility index (Phi) is 5.75. The molecule has 0 aliphatic heterocycles. The Bertz CT molecular complexity index is 1010. The molecule has 3 aromatic rings. The Hall–Kier alpha value is -3.19. The van der Waals surface area contributed by atoms with Crippen molar-refractivity contribution in [1.82, 2.24) is 5.06 Å². The van der Waals surface area contributed by atoms with Crippen molar-refractivity contribution in [1.29, 1.82) is 0 Å². The minimum atomic E-state index is -0.542. The molecule has 1 atom stereocenters. The SMILES string of the molecule is CC(Cc1ccc(F)cc1CC(N)=O)ON(C)C(=O)c1coc2ccccc12. The fourth-order valence-electron chi connectivity index (χ4n) is 3.12. The average Bonchev–Trinajstić information content (AvgIpc) is 3.07. The van der Waals surface area contributed by atoms with Gasteiger partial charge in [0.15, 0.2) is 0 Å². The molecule has 6 nitrogen and oxygen atoms in total. The number of benzene rings is 2. The smallest absolute Gasteiger partial charge is 0.281 e. The number of primary amides is 1. The van der Waals surface area contributed by atoms with E-state index in [1.165, 1.54) is 25.4 Å². The van der Waals surface area contributed by atoms with E-state index in [1.807, 2.05) is 12.1 Å². The molecule has 1 heterocycles. The first-order valence-electron chi connectivity index (χ1n) is 8.82. The van der Waals surface area contributed by atoms with Gasteiger partial charge in [0.2, 0.25) is 5.91 Å². The molecular formula is C21H21FN2O4. The zero-order valence-electron chi connectivity index (χ0n) is 15.6. The van der Waals surface area contributed by atoms with Crippen LogP contribution in [0.2, 0.25) is 0 Å². The van der Waals surface area contributed by atoms with E-state index in [0.29, 0.717) is 28.5 Å². The lowest BCUT2D eigenvalue weighted by Crippen LogP contribution is -2.31. The van der Waals surface area contributed by atoms with Gasteiger partial charge in [0.1, 0.15) is 17.7 Å². The summed E-state index contributed by atoms with van der Waals surface area (Å²) in [5.74, 6) is -1.32. The Morgan fingerprint density at radius 3 is 2.71 bits per heavy atom. The molecule has 7 heteroatoms. The van der Waals surface area contributed by atoms with Crippen LogP contribution in [0, 0.1) is 5.82 Å². The maximum Gasteiger partial charge on any atom is 0.281 e. The van der Waals surface area contributed by atoms with Crippen LogP contribution in [0.5, 0.6) is 0 Å². The van der Waals surface area contributed by atoms with Gasteiger partial charge in [-0.3, -0.25) is 14.4 Å². The first-order chi connectivity index (χ1) is 13.3. The maximum atomic E-state index is 13.5. The molecule has 0 fully saturated rings. The molecule has 0 saturated heterocycles. The van der Waals surface area contributed by atoms with E-state index in [4.69, 9.17) is 15.0 Å². The lowest BCUT2D eigenvalue weighted by molar-refractivity contribution is -0.141. The minimum Gasteiger partial charge on any atom is -0.463 e. The lowest BCUT2D eigenvalue weighted by atomic mass is 9.99. The summed E-state index contributed by atoms with van der Waals surface area (Å²) in [4.78, 5) is 29.6. The molecule has 2 amide bonds. The molecule has 1 aromatic heterocycles. The summed E-state index contributed by atoms with van der Waals surface area (Å²) in [6, 6.07) is 11.4. The second kappa shape index (κ2) is 8.22. The van der Waals surface area contributed by atoms with Crippen LogP contribution < -0.4 is 5.73 Å².